The summed E-state index contributed by atoms with van der Waals surface area (Å²) in [5.41, 5.74) is 0. The van der Waals surface area contributed by atoms with E-state index in [1.54, 1.807) is 6.92 Å². The zero-order valence-electron chi connectivity index (χ0n) is 11.6. The first-order chi connectivity index (χ1) is 7.70. The Morgan fingerprint density at radius 3 is 2.00 bits per heavy atom. The van der Waals surface area contributed by atoms with Crippen LogP contribution in [0, 0.1) is 5.92 Å². The summed E-state index contributed by atoms with van der Waals surface area (Å²) in [6, 6.07) is 0. The molecule has 1 heteroatoms. The molecule has 0 aromatic carbocycles. The first-order valence-electron chi connectivity index (χ1n) is 7.20. The third kappa shape index (κ3) is 10.2. The predicted octanol–water partition coefficient (Wildman–Crippen LogP) is 5.13. The lowest BCUT2D eigenvalue weighted by Gasteiger charge is -2.14. The predicted molar refractivity (Wildman–Crippen MR) is 71.7 cm³/mol. The minimum absolute atomic E-state index is 0.370. The van der Waals surface area contributed by atoms with Crippen molar-refractivity contribution >= 4 is 5.78 Å². The van der Waals surface area contributed by atoms with Crippen molar-refractivity contribution in [2.75, 3.05) is 0 Å². The van der Waals surface area contributed by atoms with Crippen LogP contribution in [0.15, 0.2) is 0 Å². The second-order valence-electron chi connectivity index (χ2n) is 5.12. The quantitative estimate of drug-likeness (QED) is 0.446. The molecular weight excluding hydrogens is 196 g/mol. The summed E-state index contributed by atoms with van der Waals surface area (Å²) in [5.74, 6) is 1.04. The van der Waals surface area contributed by atoms with Crippen molar-refractivity contribution in [1.82, 2.24) is 0 Å². The molecule has 0 aromatic heterocycles. The Kier molecular flexibility index (Phi) is 10.9. The van der Waals surface area contributed by atoms with Crippen molar-refractivity contribution in [3.63, 3.8) is 0 Å². The van der Waals surface area contributed by atoms with E-state index in [0.29, 0.717) is 11.7 Å². The van der Waals surface area contributed by atoms with Crippen molar-refractivity contribution in [3.8, 4) is 0 Å². The zero-order chi connectivity index (χ0) is 12.2. The van der Waals surface area contributed by atoms with E-state index < -0.39 is 0 Å². The van der Waals surface area contributed by atoms with E-state index in [0.717, 1.165) is 6.42 Å². The van der Waals surface area contributed by atoms with Gasteiger partial charge in [0.25, 0.3) is 0 Å². The number of hydrogen-bond acceptors (Lipinski definition) is 1. The molecule has 0 aliphatic rings. The zero-order valence-corrected chi connectivity index (χ0v) is 11.6. The molecule has 0 saturated heterocycles. The molecule has 0 aliphatic heterocycles. The Balaban J connectivity index is 3.60. The fraction of sp³-hybridized carbons (Fsp3) is 0.933. The Hall–Kier alpha value is -0.330. The molecule has 0 radical (unpaired) electrons. The van der Waals surface area contributed by atoms with Crippen LogP contribution in [-0.2, 0) is 4.79 Å². The molecule has 16 heavy (non-hydrogen) atoms. The molecule has 0 saturated carbocycles. The van der Waals surface area contributed by atoms with Gasteiger partial charge in [-0.2, -0.15) is 0 Å². The number of Topliss-reactive ketones (excluding diaryl/α,β-unsaturated/α-hetero) is 1. The molecule has 0 rings (SSSR count). The Morgan fingerprint density at radius 1 is 0.875 bits per heavy atom. The minimum atomic E-state index is 0.370. The second kappa shape index (κ2) is 11.2. The lowest BCUT2D eigenvalue weighted by molar-refractivity contribution is -0.118. The first-order valence-corrected chi connectivity index (χ1v) is 7.20. The van der Waals surface area contributed by atoms with Crippen LogP contribution in [0.1, 0.15) is 85.0 Å². The number of hydrogen-bond donors (Lipinski definition) is 0. The highest BCUT2D eigenvalue weighted by atomic mass is 16.1. The fourth-order valence-corrected chi connectivity index (χ4v) is 2.28. The van der Waals surface area contributed by atoms with Crippen LogP contribution < -0.4 is 0 Å². The number of unbranched alkanes of at least 4 members (excludes halogenated alkanes) is 5. The van der Waals surface area contributed by atoms with Crippen LogP contribution in [0.4, 0.5) is 0 Å². The van der Waals surface area contributed by atoms with Gasteiger partial charge in [-0.3, -0.25) is 0 Å². The Morgan fingerprint density at radius 2 is 1.44 bits per heavy atom. The highest BCUT2D eigenvalue weighted by Gasteiger charge is 2.10. The number of carbonyl (C=O) groups is 1. The lowest BCUT2D eigenvalue weighted by Crippen LogP contribution is -2.06. The van der Waals surface area contributed by atoms with Crippen molar-refractivity contribution in [3.05, 3.63) is 0 Å². The van der Waals surface area contributed by atoms with Gasteiger partial charge in [-0.25, -0.2) is 0 Å². The van der Waals surface area contributed by atoms with Gasteiger partial charge in [-0.05, 0) is 12.8 Å². The van der Waals surface area contributed by atoms with Gasteiger partial charge in [0.1, 0.15) is 5.78 Å². The van der Waals surface area contributed by atoms with Crippen LogP contribution in [0.25, 0.3) is 0 Å². The molecule has 0 heterocycles. The molecule has 0 spiro atoms. The van der Waals surface area contributed by atoms with Gasteiger partial charge in [0.15, 0.2) is 0 Å². The molecule has 0 aliphatic carbocycles. The maximum absolute atomic E-state index is 11.2. The van der Waals surface area contributed by atoms with Crippen molar-refractivity contribution in [1.29, 1.82) is 0 Å². The largest absolute Gasteiger partial charge is 0.300 e. The molecule has 0 aromatic rings. The standard InChI is InChI=1S/C15H30O/c1-4-6-8-9-10-12-15(11-7-5-2)13-14(3)16/h15H,4-13H2,1-3H3. The van der Waals surface area contributed by atoms with E-state index in [-0.39, 0.29) is 0 Å². The summed E-state index contributed by atoms with van der Waals surface area (Å²) < 4.78 is 0. The van der Waals surface area contributed by atoms with Gasteiger partial charge < -0.3 is 4.79 Å². The average molecular weight is 226 g/mol. The van der Waals surface area contributed by atoms with Gasteiger partial charge >= 0.3 is 0 Å². The Labute approximate surface area is 102 Å². The molecule has 0 amide bonds. The fourth-order valence-electron chi connectivity index (χ4n) is 2.28. The van der Waals surface area contributed by atoms with E-state index in [2.05, 4.69) is 13.8 Å². The van der Waals surface area contributed by atoms with Gasteiger partial charge in [-0.1, -0.05) is 71.6 Å². The van der Waals surface area contributed by atoms with Crippen LogP contribution in [-0.4, -0.2) is 5.78 Å². The summed E-state index contributed by atoms with van der Waals surface area (Å²) in [6.45, 7) is 6.21. The summed E-state index contributed by atoms with van der Waals surface area (Å²) >= 11 is 0. The smallest absolute Gasteiger partial charge is 0.130 e. The molecule has 0 bridgehead atoms. The molecule has 1 nitrogen and oxygen atoms in total. The summed E-state index contributed by atoms with van der Waals surface area (Å²) in [5, 5.41) is 0. The number of ketones is 1. The molecule has 0 N–H and O–H groups in total. The summed E-state index contributed by atoms with van der Waals surface area (Å²) in [6.07, 6.45) is 12.6. The molecular formula is C15H30O. The topological polar surface area (TPSA) is 17.1 Å². The van der Waals surface area contributed by atoms with Crippen LogP contribution in [0.2, 0.25) is 0 Å². The van der Waals surface area contributed by atoms with E-state index in [1.807, 2.05) is 0 Å². The summed E-state index contributed by atoms with van der Waals surface area (Å²) in [4.78, 5) is 11.2. The lowest BCUT2D eigenvalue weighted by atomic mass is 9.91. The average Bonchev–Trinajstić information content (AvgIpc) is 2.24. The Bertz CT molecular complexity index is 163. The van der Waals surface area contributed by atoms with E-state index in [9.17, 15) is 4.79 Å². The highest BCUT2D eigenvalue weighted by Crippen LogP contribution is 2.21. The maximum Gasteiger partial charge on any atom is 0.130 e. The van der Waals surface area contributed by atoms with Crippen LogP contribution in [0.3, 0.4) is 0 Å². The number of carbonyl (C=O) groups excluding carboxylic acids is 1. The van der Waals surface area contributed by atoms with Crippen molar-refractivity contribution < 1.29 is 4.79 Å². The third-order valence-corrected chi connectivity index (χ3v) is 3.26. The highest BCUT2D eigenvalue weighted by molar-refractivity contribution is 5.75. The van der Waals surface area contributed by atoms with Gasteiger partial charge in [0, 0.05) is 6.42 Å². The van der Waals surface area contributed by atoms with Crippen LogP contribution >= 0.6 is 0 Å². The molecule has 1 atom stereocenters. The summed E-state index contributed by atoms with van der Waals surface area (Å²) in [7, 11) is 0. The number of rotatable bonds is 11. The SMILES string of the molecule is CCCCCCCC(CCCC)CC(C)=O. The minimum Gasteiger partial charge on any atom is -0.300 e. The van der Waals surface area contributed by atoms with E-state index in [1.165, 1.54) is 57.8 Å². The normalized spacial score (nSPS) is 12.7. The second-order valence-corrected chi connectivity index (χ2v) is 5.12. The van der Waals surface area contributed by atoms with E-state index >= 15 is 0 Å². The monoisotopic (exact) mass is 226 g/mol. The maximum atomic E-state index is 11.2. The van der Waals surface area contributed by atoms with E-state index in [4.69, 9.17) is 0 Å². The van der Waals surface area contributed by atoms with Gasteiger partial charge in [-0.15, -0.1) is 0 Å². The first kappa shape index (κ1) is 15.7. The van der Waals surface area contributed by atoms with Crippen LogP contribution in [0.5, 0.6) is 0 Å². The van der Waals surface area contributed by atoms with Gasteiger partial charge in [0.05, 0.1) is 0 Å². The molecule has 1 unspecified atom stereocenters. The molecule has 96 valence electrons. The van der Waals surface area contributed by atoms with Crippen molar-refractivity contribution in [2.24, 2.45) is 5.92 Å². The van der Waals surface area contributed by atoms with Gasteiger partial charge in [0.2, 0.25) is 0 Å². The van der Waals surface area contributed by atoms with Crippen molar-refractivity contribution in [2.45, 2.75) is 85.0 Å². The molecule has 0 fully saturated rings. The third-order valence-electron chi connectivity index (χ3n) is 3.26.